The Kier molecular flexibility index (Phi) is 7.06. The van der Waals surface area contributed by atoms with Crippen LogP contribution in [0.1, 0.15) is 26.7 Å². The summed E-state index contributed by atoms with van der Waals surface area (Å²) < 4.78 is 0. The molecule has 1 saturated heterocycles. The summed E-state index contributed by atoms with van der Waals surface area (Å²) in [4.78, 5) is 38.7. The fourth-order valence-corrected chi connectivity index (χ4v) is 3.27. The largest absolute Gasteiger partial charge is 0.326 e. The molecule has 1 aliphatic rings. The van der Waals surface area contributed by atoms with E-state index in [9.17, 15) is 14.4 Å². The van der Waals surface area contributed by atoms with Gasteiger partial charge in [-0.25, -0.2) is 4.79 Å². The second-order valence-corrected chi connectivity index (χ2v) is 7.79. The van der Waals surface area contributed by atoms with Crippen molar-refractivity contribution in [1.82, 2.24) is 4.90 Å². The third-order valence-electron chi connectivity index (χ3n) is 5.05. The Morgan fingerprint density at radius 1 is 0.867 bits per heavy atom. The zero-order valence-corrected chi connectivity index (χ0v) is 17.4. The number of urea groups is 1. The number of carbonyl (C=O) groups is 3. The number of para-hydroxylation sites is 1. The number of likely N-dealkylation sites (tertiary alicyclic amines) is 1. The minimum atomic E-state index is -0.263. The molecule has 1 unspecified atom stereocenters. The van der Waals surface area contributed by atoms with Gasteiger partial charge in [0, 0.05) is 36.1 Å². The van der Waals surface area contributed by atoms with Gasteiger partial charge in [-0.2, -0.15) is 0 Å². The smallest absolute Gasteiger partial charge is 0.321 e. The minimum absolute atomic E-state index is 0.0529. The maximum absolute atomic E-state index is 12.7. The van der Waals surface area contributed by atoms with Crippen molar-refractivity contribution >= 4 is 34.9 Å². The molecule has 0 saturated carbocycles. The van der Waals surface area contributed by atoms with E-state index in [-0.39, 0.29) is 29.7 Å². The molecule has 2 aromatic rings. The molecule has 0 bridgehead atoms. The maximum Gasteiger partial charge on any atom is 0.321 e. The fourth-order valence-electron chi connectivity index (χ4n) is 3.27. The van der Waals surface area contributed by atoms with Crippen molar-refractivity contribution in [3.8, 4) is 0 Å². The van der Waals surface area contributed by atoms with Crippen LogP contribution in [0.2, 0.25) is 0 Å². The Morgan fingerprint density at radius 2 is 1.47 bits per heavy atom. The van der Waals surface area contributed by atoms with E-state index in [1.54, 1.807) is 29.2 Å². The third-order valence-corrected chi connectivity index (χ3v) is 5.05. The van der Waals surface area contributed by atoms with Gasteiger partial charge in [0.2, 0.25) is 11.8 Å². The van der Waals surface area contributed by atoms with Gasteiger partial charge in [0.15, 0.2) is 0 Å². The van der Waals surface area contributed by atoms with E-state index in [4.69, 9.17) is 0 Å². The number of piperidine rings is 1. The first-order valence-electron chi connectivity index (χ1n) is 10.2. The number of benzene rings is 2. The molecule has 0 aromatic heterocycles. The standard InChI is InChI=1S/C23H28N4O3/c1-16(2)21(28)24-19-10-12-20(13-11-19)25-22(29)17-7-6-14-27(15-17)23(30)26-18-8-4-3-5-9-18/h3-5,8-13,16-17H,6-7,14-15H2,1-2H3,(H,24,28)(H,25,29)(H,26,30). The SMILES string of the molecule is CC(C)C(=O)Nc1ccc(NC(=O)C2CCCN(C(=O)Nc3ccccc3)C2)cc1. The normalized spacial score (nSPS) is 16.1. The molecule has 0 aliphatic carbocycles. The average molecular weight is 409 g/mol. The highest BCUT2D eigenvalue weighted by atomic mass is 16.2. The molecule has 0 spiro atoms. The lowest BCUT2D eigenvalue weighted by atomic mass is 9.97. The molecule has 3 N–H and O–H groups in total. The van der Waals surface area contributed by atoms with E-state index in [0.29, 0.717) is 24.5 Å². The van der Waals surface area contributed by atoms with Crippen molar-refractivity contribution in [2.45, 2.75) is 26.7 Å². The molecule has 1 atom stereocenters. The van der Waals surface area contributed by atoms with Gasteiger partial charge in [0.1, 0.15) is 0 Å². The predicted octanol–water partition coefficient (Wildman–Crippen LogP) is 4.16. The molecular formula is C23H28N4O3. The Hall–Kier alpha value is -3.35. The molecule has 7 heteroatoms. The number of nitrogens with one attached hydrogen (secondary N) is 3. The molecule has 7 nitrogen and oxygen atoms in total. The van der Waals surface area contributed by atoms with E-state index in [2.05, 4.69) is 16.0 Å². The van der Waals surface area contributed by atoms with Crippen LogP contribution in [0.5, 0.6) is 0 Å². The zero-order chi connectivity index (χ0) is 21.5. The monoisotopic (exact) mass is 408 g/mol. The van der Waals surface area contributed by atoms with Crippen molar-refractivity contribution in [3.63, 3.8) is 0 Å². The molecule has 3 rings (SSSR count). The van der Waals surface area contributed by atoms with E-state index in [1.807, 2.05) is 44.2 Å². The van der Waals surface area contributed by atoms with Crippen LogP contribution < -0.4 is 16.0 Å². The highest BCUT2D eigenvalue weighted by molar-refractivity contribution is 5.95. The van der Waals surface area contributed by atoms with Gasteiger partial charge < -0.3 is 20.9 Å². The second kappa shape index (κ2) is 9.91. The number of carbonyl (C=O) groups excluding carboxylic acids is 3. The van der Waals surface area contributed by atoms with Gasteiger partial charge in [-0.15, -0.1) is 0 Å². The Bertz CT molecular complexity index is 881. The van der Waals surface area contributed by atoms with Gasteiger partial charge in [0.05, 0.1) is 5.92 Å². The van der Waals surface area contributed by atoms with Gasteiger partial charge in [-0.05, 0) is 49.2 Å². The average Bonchev–Trinajstić information content (AvgIpc) is 2.75. The van der Waals surface area contributed by atoms with Crippen LogP contribution in [0.4, 0.5) is 21.9 Å². The van der Waals surface area contributed by atoms with E-state index in [0.717, 1.165) is 18.5 Å². The summed E-state index contributed by atoms with van der Waals surface area (Å²) in [6.07, 6.45) is 1.52. The third kappa shape index (κ3) is 5.83. The predicted molar refractivity (Wildman–Crippen MR) is 118 cm³/mol. The van der Waals surface area contributed by atoms with Gasteiger partial charge >= 0.3 is 6.03 Å². The topological polar surface area (TPSA) is 90.5 Å². The number of hydrogen-bond donors (Lipinski definition) is 3. The van der Waals surface area contributed by atoms with E-state index in [1.165, 1.54) is 0 Å². The first kappa shape index (κ1) is 21.4. The minimum Gasteiger partial charge on any atom is -0.326 e. The molecule has 158 valence electrons. The summed E-state index contributed by atoms with van der Waals surface area (Å²) in [5.41, 5.74) is 2.08. The summed E-state index contributed by atoms with van der Waals surface area (Å²) in [5.74, 6) is -0.521. The molecule has 1 aliphatic heterocycles. The van der Waals surface area contributed by atoms with Crippen LogP contribution in [-0.2, 0) is 9.59 Å². The van der Waals surface area contributed by atoms with Crippen LogP contribution >= 0.6 is 0 Å². The lowest BCUT2D eigenvalue weighted by Gasteiger charge is -2.32. The summed E-state index contributed by atoms with van der Waals surface area (Å²) in [6, 6.07) is 16.1. The highest BCUT2D eigenvalue weighted by Gasteiger charge is 2.28. The van der Waals surface area contributed by atoms with Crippen LogP contribution in [0.15, 0.2) is 54.6 Å². The van der Waals surface area contributed by atoms with Gasteiger partial charge in [-0.1, -0.05) is 32.0 Å². The van der Waals surface area contributed by atoms with Crippen LogP contribution in [0.25, 0.3) is 0 Å². The van der Waals surface area contributed by atoms with Gasteiger partial charge in [-0.3, -0.25) is 9.59 Å². The zero-order valence-electron chi connectivity index (χ0n) is 17.4. The van der Waals surface area contributed by atoms with E-state index >= 15 is 0 Å². The Balaban J connectivity index is 1.53. The summed E-state index contributed by atoms with van der Waals surface area (Å²) in [7, 11) is 0. The molecule has 0 radical (unpaired) electrons. The van der Waals surface area contributed by atoms with Crippen molar-refractivity contribution in [2.75, 3.05) is 29.0 Å². The van der Waals surface area contributed by atoms with E-state index < -0.39 is 0 Å². The molecule has 1 heterocycles. The number of hydrogen-bond acceptors (Lipinski definition) is 3. The van der Waals surface area contributed by atoms with Gasteiger partial charge in [0.25, 0.3) is 0 Å². The Labute approximate surface area is 176 Å². The highest BCUT2D eigenvalue weighted by Crippen LogP contribution is 2.21. The van der Waals surface area contributed by atoms with Crippen LogP contribution in [-0.4, -0.2) is 35.8 Å². The molecule has 2 aromatic carbocycles. The number of amides is 4. The number of nitrogens with zero attached hydrogens (tertiary/aromatic N) is 1. The molecule has 1 fully saturated rings. The van der Waals surface area contributed by atoms with Crippen molar-refractivity contribution in [2.24, 2.45) is 11.8 Å². The first-order chi connectivity index (χ1) is 14.4. The summed E-state index contributed by atoms with van der Waals surface area (Å²) >= 11 is 0. The van der Waals surface area contributed by atoms with Crippen molar-refractivity contribution in [1.29, 1.82) is 0 Å². The summed E-state index contributed by atoms with van der Waals surface area (Å²) in [5, 5.41) is 8.61. The maximum atomic E-state index is 12.7. The fraction of sp³-hybridized carbons (Fsp3) is 0.348. The van der Waals surface area contributed by atoms with Crippen molar-refractivity contribution in [3.05, 3.63) is 54.6 Å². The number of rotatable bonds is 5. The van der Waals surface area contributed by atoms with Crippen LogP contribution in [0, 0.1) is 11.8 Å². The lowest BCUT2D eigenvalue weighted by Crippen LogP contribution is -2.45. The van der Waals surface area contributed by atoms with Crippen molar-refractivity contribution < 1.29 is 14.4 Å². The Morgan fingerprint density at radius 3 is 2.10 bits per heavy atom. The van der Waals surface area contributed by atoms with Crippen LogP contribution in [0.3, 0.4) is 0 Å². The quantitative estimate of drug-likeness (QED) is 0.694. The first-order valence-corrected chi connectivity index (χ1v) is 10.2. The molecule has 4 amide bonds. The lowest BCUT2D eigenvalue weighted by molar-refractivity contribution is -0.121. The second-order valence-electron chi connectivity index (χ2n) is 7.79. The number of anilines is 3. The summed E-state index contributed by atoms with van der Waals surface area (Å²) in [6.45, 7) is 4.68. The molecular weight excluding hydrogens is 380 g/mol. The molecule has 30 heavy (non-hydrogen) atoms.